The number of nitrogens with two attached hydrogens (primary N) is 1. The molecule has 2 unspecified atom stereocenters. The molecule has 2 atom stereocenters. The van der Waals surface area contributed by atoms with Gasteiger partial charge >= 0.3 is 0 Å². The Hall–Kier alpha value is -0.120. The van der Waals surface area contributed by atoms with Gasteiger partial charge in [-0.2, -0.15) is 0 Å². The Labute approximate surface area is 102 Å². The summed E-state index contributed by atoms with van der Waals surface area (Å²) >= 11 is 0. The van der Waals surface area contributed by atoms with Gasteiger partial charge in [0.05, 0.1) is 6.17 Å². The molecule has 0 radical (unpaired) electrons. The summed E-state index contributed by atoms with van der Waals surface area (Å²) in [6.07, 6.45) is 1.64. The molecule has 0 fully saturated rings. The fraction of sp³-hybridized carbons (Fsp3) is 1.00. The van der Waals surface area contributed by atoms with E-state index >= 15 is 0 Å². The molecule has 0 saturated heterocycles. The van der Waals surface area contributed by atoms with Crippen molar-refractivity contribution < 1.29 is 0 Å². The first-order valence-corrected chi connectivity index (χ1v) is 6.61. The maximum atomic E-state index is 5.53. The summed E-state index contributed by atoms with van der Waals surface area (Å²) in [5.41, 5.74) is 5.53. The highest BCUT2D eigenvalue weighted by Gasteiger charge is 2.22. The highest BCUT2D eigenvalue weighted by atomic mass is 15.3. The van der Waals surface area contributed by atoms with Crippen molar-refractivity contribution in [1.82, 2.24) is 10.2 Å². The molecule has 0 bridgehead atoms. The molecule has 3 heteroatoms. The van der Waals surface area contributed by atoms with Crippen molar-refractivity contribution in [2.24, 2.45) is 11.7 Å². The Morgan fingerprint density at radius 1 is 1.06 bits per heavy atom. The maximum absolute atomic E-state index is 5.53. The number of nitrogens with one attached hydrogen (secondary N) is 1. The number of hydrogen-bond acceptors (Lipinski definition) is 3. The summed E-state index contributed by atoms with van der Waals surface area (Å²) in [5, 5.41) is 3.47. The van der Waals surface area contributed by atoms with Crippen LogP contribution in [0.25, 0.3) is 0 Å². The number of rotatable bonds is 8. The minimum Gasteiger partial charge on any atom is -0.329 e. The number of nitrogens with zero attached hydrogens (tertiary/aromatic N) is 1. The fourth-order valence-electron chi connectivity index (χ4n) is 2.54. The number of hydrogen-bond donors (Lipinski definition) is 2. The van der Waals surface area contributed by atoms with Crippen LogP contribution in [0, 0.1) is 5.92 Å². The van der Waals surface area contributed by atoms with Crippen molar-refractivity contribution in [3.05, 3.63) is 0 Å². The second-order valence-corrected chi connectivity index (χ2v) is 5.44. The van der Waals surface area contributed by atoms with Gasteiger partial charge in [-0.25, -0.2) is 0 Å². The van der Waals surface area contributed by atoms with Crippen LogP contribution in [0.2, 0.25) is 0 Å². The Kier molecular flexibility index (Phi) is 7.98. The van der Waals surface area contributed by atoms with Gasteiger partial charge in [0.25, 0.3) is 0 Å². The largest absolute Gasteiger partial charge is 0.329 e. The normalized spacial score (nSPS) is 16.1. The van der Waals surface area contributed by atoms with Gasteiger partial charge in [-0.1, -0.05) is 13.8 Å². The van der Waals surface area contributed by atoms with E-state index in [1.165, 1.54) is 6.42 Å². The smallest absolute Gasteiger partial charge is 0.0573 e. The molecule has 0 spiro atoms. The molecule has 0 aromatic heterocycles. The fourth-order valence-corrected chi connectivity index (χ4v) is 2.54. The first-order chi connectivity index (χ1) is 7.40. The van der Waals surface area contributed by atoms with Crippen LogP contribution in [0.4, 0.5) is 0 Å². The van der Waals surface area contributed by atoms with Crippen LogP contribution < -0.4 is 11.1 Å². The summed E-state index contributed by atoms with van der Waals surface area (Å²) in [7, 11) is 0. The van der Waals surface area contributed by atoms with Crippen LogP contribution in [0.15, 0.2) is 0 Å². The molecule has 0 amide bonds. The van der Waals surface area contributed by atoms with Gasteiger partial charge in [-0.15, -0.1) is 0 Å². The van der Waals surface area contributed by atoms with Crippen LogP contribution >= 0.6 is 0 Å². The van der Waals surface area contributed by atoms with Crippen LogP contribution in [-0.2, 0) is 0 Å². The Balaban J connectivity index is 4.34. The predicted molar refractivity (Wildman–Crippen MR) is 72.4 cm³/mol. The Morgan fingerprint density at radius 3 is 2.00 bits per heavy atom. The van der Waals surface area contributed by atoms with Crippen molar-refractivity contribution in [3.8, 4) is 0 Å². The minimum atomic E-state index is 0.400. The van der Waals surface area contributed by atoms with Crippen LogP contribution in [0.5, 0.6) is 0 Å². The molecular formula is C13H31N3. The zero-order chi connectivity index (χ0) is 12.7. The molecule has 0 aliphatic heterocycles. The van der Waals surface area contributed by atoms with E-state index in [9.17, 15) is 0 Å². The topological polar surface area (TPSA) is 41.3 Å². The predicted octanol–water partition coefficient (Wildman–Crippen LogP) is 2.03. The molecule has 0 aromatic rings. The molecule has 3 nitrogen and oxygen atoms in total. The van der Waals surface area contributed by atoms with Crippen molar-refractivity contribution in [1.29, 1.82) is 0 Å². The molecule has 0 aromatic carbocycles. The standard InChI is InChI=1S/C13H31N3/c1-10(2)9-12(5)16(11(3)4)13(6)15-8-7-14/h10-13,15H,7-9,14H2,1-6H3. The summed E-state index contributed by atoms with van der Waals surface area (Å²) in [4.78, 5) is 2.54. The lowest BCUT2D eigenvalue weighted by Crippen LogP contribution is -2.52. The Morgan fingerprint density at radius 2 is 1.62 bits per heavy atom. The van der Waals surface area contributed by atoms with Gasteiger partial charge in [-0.05, 0) is 40.0 Å². The molecule has 0 aliphatic carbocycles. The summed E-state index contributed by atoms with van der Waals surface area (Å²) in [6.45, 7) is 15.2. The summed E-state index contributed by atoms with van der Waals surface area (Å²) in [5.74, 6) is 0.748. The summed E-state index contributed by atoms with van der Waals surface area (Å²) < 4.78 is 0. The van der Waals surface area contributed by atoms with Gasteiger partial charge in [0.2, 0.25) is 0 Å². The van der Waals surface area contributed by atoms with Crippen LogP contribution in [0.3, 0.4) is 0 Å². The lowest BCUT2D eigenvalue weighted by molar-refractivity contribution is 0.0814. The third kappa shape index (κ3) is 5.83. The van der Waals surface area contributed by atoms with Gasteiger partial charge in [0, 0.05) is 25.2 Å². The monoisotopic (exact) mass is 229 g/mol. The molecule has 0 rings (SSSR count). The van der Waals surface area contributed by atoms with E-state index in [1.54, 1.807) is 0 Å². The Bertz CT molecular complexity index is 169. The molecule has 0 heterocycles. The highest BCUT2D eigenvalue weighted by molar-refractivity contribution is 4.76. The molecule has 3 N–H and O–H groups in total. The molecule has 98 valence electrons. The first-order valence-electron chi connectivity index (χ1n) is 6.61. The van der Waals surface area contributed by atoms with Crippen molar-refractivity contribution in [2.75, 3.05) is 13.1 Å². The van der Waals surface area contributed by atoms with Crippen LogP contribution in [-0.4, -0.2) is 36.2 Å². The second kappa shape index (κ2) is 8.04. The van der Waals surface area contributed by atoms with E-state index in [2.05, 4.69) is 51.8 Å². The molecule has 0 aliphatic rings. The van der Waals surface area contributed by atoms with E-state index in [4.69, 9.17) is 5.73 Å². The van der Waals surface area contributed by atoms with E-state index in [1.807, 2.05) is 0 Å². The van der Waals surface area contributed by atoms with Gasteiger partial charge < -0.3 is 11.1 Å². The van der Waals surface area contributed by atoms with Gasteiger partial charge in [0.1, 0.15) is 0 Å². The third-order valence-corrected chi connectivity index (χ3v) is 2.95. The van der Waals surface area contributed by atoms with E-state index in [0.717, 1.165) is 12.5 Å². The maximum Gasteiger partial charge on any atom is 0.0573 e. The quantitative estimate of drug-likeness (QED) is 0.626. The third-order valence-electron chi connectivity index (χ3n) is 2.95. The SMILES string of the molecule is CC(C)CC(C)N(C(C)C)C(C)NCCN. The van der Waals surface area contributed by atoms with Crippen molar-refractivity contribution in [3.63, 3.8) is 0 Å². The van der Waals surface area contributed by atoms with Crippen molar-refractivity contribution >= 4 is 0 Å². The molecule has 16 heavy (non-hydrogen) atoms. The summed E-state index contributed by atoms with van der Waals surface area (Å²) in [6, 6.07) is 1.18. The molecule has 0 saturated carbocycles. The van der Waals surface area contributed by atoms with E-state index in [0.29, 0.717) is 24.8 Å². The minimum absolute atomic E-state index is 0.400. The van der Waals surface area contributed by atoms with Gasteiger partial charge in [0.15, 0.2) is 0 Å². The van der Waals surface area contributed by atoms with Crippen molar-refractivity contribution in [2.45, 2.75) is 66.2 Å². The zero-order valence-electron chi connectivity index (χ0n) is 12.0. The lowest BCUT2D eigenvalue weighted by atomic mass is 10.0. The second-order valence-electron chi connectivity index (χ2n) is 5.44. The first kappa shape index (κ1) is 15.9. The van der Waals surface area contributed by atoms with E-state index in [-0.39, 0.29) is 0 Å². The average Bonchev–Trinajstić information content (AvgIpc) is 2.12. The lowest BCUT2D eigenvalue weighted by Gasteiger charge is -2.39. The van der Waals surface area contributed by atoms with Crippen LogP contribution in [0.1, 0.15) is 48.0 Å². The highest BCUT2D eigenvalue weighted by Crippen LogP contribution is 2.16. The van der Waals surface area contributed by atoms with E-state index < -0.39 is 0 Å². The van der Waals surface area contributed by atoms with Gasteiger partial charge in [-0.3, -0.25) is 4.90 Å². The average molecular weight is 229 g/mol. The molecular weight excluding hydrogens is 198 g/mol. The zero-order valence-corrected chi connectivity index (χ0v) is 12.0.